The third-order valence-electron chi connectivity index (χ3n) is 11.4. The number of hydrogen-bond donors (Lipinski definition) is 0. The summed E-state index contributed by atoms with van der Waals surface area (Å²) in [4.78, 5) is 18.7. The van der Waals surface area contributed by atoms with Gasteiger partial charge in [0.1, 0.15) is 0 Å². The maximum Gasteiger partial charge on any atom is 0.261 e. The standard InChI is InChI=1S/C32H56N2O2/c1-9-30(35)34(33(7)8)36-25-17-19-31(5)24(21-25)13-14-26-28-16-15-27(23(4)12-10-11-22(2)3)32(28,6)20-18-29(26)31/h13,22-23,25-29H,9-12,14-21H2,1-8H3/t23-,25?,26?,27-,28?,29?,31+,32-/m1/s1. The van der Waals surface area contributed by atoms with Crippen molar-refractivity contribution in [3.05, 3.63) is 11.6 Å². The van der Waals surface area contributed by atoms with Crippen molar-refractivity contribution < 1.29 is 9.63 Å². The molecular weight excluding hydrogens is 444 g/mol. The number of nitrogens with zero attached hydrogens (tertiary/aromatic N) is 2. The molecule has 0 spiro atoms. The van der Waals surface area contributed by atoms with E-state index in [9.17, 15) is 4.79 Å². The monoisotopic (exact) mass is 500 g/mol. The van der Waals surface area contributed by atoms with E-state index in [-0.39, 0.29) is 12.0 Å². The molecule has 3 saturated carbocycles. The maximum atomic E-state index is 12.4. The second-order valence-corrected chi connectivity index (χ2v) is 14.1. The van der Waals surface area contributed by atoms with Crippen LogP contribution >= 0.6 is 0 Å². The summed E-state index contributed by atoms with van der Waals surface area (Å²) in [5.41, 5.74) is 2.50. The number of carbonyl (C=O) groups excluding carboxylic acids is 1. The number of rotatable bonds is 9. The second-order valence-electron chi connectivity index (χ2n) is 14.1. The summed E-state index contributed by atoms with van der Waals surface area (Å²) in [6, 6.07) is 0. The molecule has 4 nitrogen and oxygen atoms in total. The van der Waals surface area contributed by atoms with Gasteiger partial charge in [-0.3, -0.25) is 9.63 Å². The van der Waals surface area contributed by atoms with E-state index in [4.69, 9.17) is 4.84 Å². The fraction of sp³-hybridized carbons (Fsp3) is 0.906. The Labute approximate surface area is 222 Å². The summed E-state index contributed by atoms with van der Waals surface area (Å²) in [5, 5.41) is 3.28. The van der Waals surface area contributed by atoms with Gasteiger partial charge in [0, 0.05) is 20.5 Å². The van der Waals surface area contributed by atoms with Crippen LogP contribution in [0.25, 0.3) is 0 Å². The fourth-order valence-corrected chi connectivity index (χ4v) is 9.39. The molecule has 0 aromatic rings. The van der Waals surface area contributed by atoms with Crippen LogP contribution < -0.4 is 0 Å². The molecule has 0 saturated heterocycles. The van der Waals surface area contributed by atoms with Crippen molar-refractivity contribution in [1.82, 2.24) is 10.2 Å². The van der Waals surface area contributed by atoms with E-state index in [1.54, 1.807) is 10.6 Å². The lowest BCUT2D eigenvalue weighted by molar-refractivity contribution is -0.281. The highest BCUT2D eigenvalue weighted by Gasteiger charge is 2.59. The van der Waals surface area contributed by atoms with Gasteiger partial charge in [0.15, 0.2) is 0 Å². The molecule has 4 heteroatoms. The molecule has 0 aromatic heterocycles. The van der Waals surface area contributed by atoms with Crippen LogP contribution in [0.3, 0.4) is 0 Å². The summed E-state index contributed by atoms with van der Waals surface area (Å²) in [6.07, 6.45) is 17.7. The van der Waals surface area contributed by atoms with Crippen molar-refractivity contribution >= 4 is 5.91 Å². The van der Waals surface area contributed by atoms with E-state index in [1.165, 1.54) is 63.0 Å². The first-order chi connectivity index (χ1) is 17.0. The van der Waals surface area contributed by atoms with Gasteiger partial charge in [-0.1, -0.05) is 72.5 Å². The van der Waals surface area contributed by atoms with Crippen molar-refractivity contribution in [2.24, 2.45) is 46.3 Å². The first-order valence-electron chi connectivity index (χ1n) is 15.4. The highest BCUT2D eigenvalue weighted by atomic mass is 16.7. The lowest BCUT2D eigenvalue weighted by Gasteiger charge is -2.58. The zero-order valence-electron chi connectivity index (χ0n) is 24.8. The lowest BCUT2D eigenvalue weighted by Crippen LogP contribution is -2.52. The second kappa shape index (κ2) is 11.1. The zero-order chi connectivity index (χ0) is 26.3. The van der Waals surface area contributed by atoms with Gasteiger partial charge < -0.3 is 0 Å². The summed E-state index contributed by atoms with van der Waals surface area (Å²) in [7, 11) is 3.79. The Morgan fingerprint density at radius 3 is 2.47 bits per heavy atom. The van der Waals surface area contributed by atoms with Gasteiger partial charge >= 0.3 is 0 Å². The van der Waals surface area contributed by atoms with Crippen molar-refractivity contribution in [1.29, 1.82) is 0 Å². The van der Waals surface area contributed by atoms with Crippen LogP contribution in [0.2, 0.25) is 0 Å². The predicted molar refractivity (Wildman–Crippen MR) is 149 cm³/mol. The molecule has 0 heterocycles. The molecule has 0 N–H and O–H groups in total. The van der Waals surface area contributed by atoms with Crippen molar-refractivity contribution in [2.45, 2.75) is 125 Å². The molecule has 0 bridgehead atoms. The summed E-state index contributed by atoms with van der Waals surface area (Å²) >= 11 is 0. The predicted octanol–water partition coefficient (Wildman–Crippen LogP) is 8.04. The van der Waals surface area contributed by atoms with Crippen LogP contribution in [0, 0.1) is 46.3 Å². The summed E-state index contributed by atoms with van der Waals surface area (Å²) in [6.45, 7) is 14.5. The summed E-state index contributed by atoms with van der Waals surface area (Å²) in [5.74, 6) is 5.26. The smallest absolute Gasteiger partial charge is 0.261 e. The van der Waals surface area contributed by atoms with E-state index in [1.807, 2.05) is 21.0 Å². The minimum Gasteiger partial charge on any atom is -0.271 e. The van der Waals surface area contributed by atoms with Crippen LogP contribution in [0.1, 0.15) is 119 Å². The number of amides is 1. The quantitative estimate of drug-likeness (QED) is 0.237. The summed E-state index contributed by atoms with van der Waals surface area (Å²) < 4.78 is 0. The average Bonchev–Trinajstić information content (AvgIpc) is 3.18. The Kier molecular flexibility index (Phi) is 8.67. The number of allylic oxidation sites excluding steroid dienone is 1. The van der Waals surface area contributed by atoms with Gasteiger partial charge in [-0.05, 0) is 97.7 Å². The van der Waals surface area contributed by atoms with E-state index in [2.05, 4.69) is 40.7 Å². The van der Waals surface area contributed by atoms with Gasteiger partial charge in [0.2, 0.25) is 0 Å². The molecule has 0 aromatic carbocycles. The molecule has 4 aliphatic rings. The first-order valence-corrected chi connectivity index (χ1v) is 15.4. The molecular formula is C32H56N2O2. The van der Waals surface area contributed by atoms with Crippen LogP contribution in [0.15, 0.2) is 11.6 Å². The molecule has 4 unspecified atom stereocenters. The van der Waals surface area contributed by atoms with Gasteiger partial charge in [-0.15, -0.1) is 5.17 Å². The van der Waals surface area contributed by atoms with Gasteiger partial charge in [0.05, 0.1) is 6.10 Å². The average molecular weight is 501 g/mol. The van der Waals surface area contributed by atoms with Gasteiger partial charge in [0.25, 0.3) is 5.91 Å². The van der Waals surface area contributed by atoms with Crippen molar-refractivity contribution in [3.63, 3.8) is 0 Å². The largest absolute Gasteiger partial charge is 0.271 e. The Hall–Kier alpha value is -0.870. The number of carbonyl (C=O) groups is 1. The van der Waals surface area contributed by atoms with Gasteiger partial charge in [-0.25, -0.2) is 0 Å². The minimum atomic E-state index is 0.0341. The number of hydrogen-bond acceptors (Lipinski definition) is 3. The molecule has 0 radical (unpaired) electrons. The third-order valence-corrected chi connectivity index (χ3v) is 11.4. The fourth-order valence-electron chi connectivity index (χ4n) is 9.39. The van der Waals surface area contributed by atoms with E-state index < -0.39 is 0 Å². The van der Waals surface area contributed by atoms with E-state index >= 15 is 0 Å². The molecule has 0 aliphatic heterocycles. The number of hydroxylamine groups is 1. The van der Waals surface area contributed by atoms with Crippen molar-refractivity contribution in [3.8, 4) is 0 Å². The topological polar surface area (TPSA) is 32.8 Å². The van der Waals surface area contributed by atoms with Crippen LogP contribution in [0.5, 0.6) is 0 Å². The SMILES string of the molecule is CCC(=O)N(OC1CC[C@@]2(C)C(=CCC3C2CC[C@@]2(C)C3CC[C@@H]2[C@H](C)CCCC(C)C)C1)N(C)C. The minimum absolute atomic E-state index is 0.0341. The highest BCUT2D eigenvalue weighted by molar-refractivity contribution is 5.74. The van der Waals surface area contributed by atoms with E-state index in [0.717, 1.165) is 48.3 Å². The van der Waals surface area contributed by atoms with E-state index in [0.29, 0.717) is 17.3 Å². The molecule has 1 amide bonds. The molecule has 36 heavy (non-hydrogen) atoms. The zero-order valence-corrected chi connectivity index (χ0v) is 24.8. The Bertz CT molecular complexity index is 806. The highest BCUT2D eigenvalue weighted by Crippen LogP contribution is 2.67. The molecule has 8 atom stereocenters. The molecule has 4 rings (SSSR count). The Morgan fingerprint density at radius 2 is 1.81 bits per heavy atom. The van der Waals surface area contributed by atoms with Crippen LogP contribution in [-0.2, 0) is 9.63 Å². The first kappa shape index (κ1) is 28.1. The number of hydrazine groups is 1. The Morgan fingerprint density at radius 1 is 1.06 bits per heavy atom. The number of fused-ring (bicyclic) bond motifs is 5. The third kappa shape index (κ3) is 5.20. The molecule has 4 aliphatic carbocycles. The molecule has 3 fully saturated rings. The van der Waals surface area contributed by atoms with Gasteiger partial charge in [-0.2, -0.15) is 5.01 Å². The normalized spacial score (nSPS) is 38.8. The van der Waals surface area contributed by atoms with Crippen LogP contribution in [0.4, 0.5) is 0 Å². The van der Waals surface area contributed by atoms with Crippen LogP contribution in [-0.4, -0.2) is 36.3 Å². The lowest BCUT2D eigenvalue weighted by atomic mass is 9.47. The molecule has 206 valence electrons. The van der Waals surface area contributed by atoms with Crippen molar-refractivity contribution in [2.75, 3.05) is 14.1 Å². The Balaban J connectivity index is 1.44. The maximum absolute atomic E-state index is 12.4.